The maximum Gasteiger partial charge on any atom is 0.341 e. The van der Waals surface area contributed by atoms with Gasteiger partial charge in [-0.2, -0.15) is 5.10 Å². The summed E-state index contributed by atoms with van der Waals surface area (Å²) in [6, 6.07) is 3.64. The summed E-state index contributed by atoms with van der Waals surface area (Å²) in [5, 5.41) is 25.5. The van der Waals surface area contributed by atoms with Crippen LogP contribution in [0.1, 0.15) is 28.4 Å². The highest BCUT2D eigenvalue weighted by atomic mass is 16.5. The molecule has 1 aromatic rings. The van der Waals surface area contributed by atoms with Crippen LogP contribution in [0.3, 0.4) is 0 Å². The second-order valence-corrected chi connectivity index (χ2v) is 5.97. The molecule has 10 nitrogen and oxygen atoms in total. The summed E-state index contributed by atoms with van der Waals surface area (Å²) >= 11 is 0. The molecule has 0 unspecified atom stereocenters. The fourth-order valence-electron chi connectivity index (χ4n) is 2.97. The number of hydrogen-bond donors (Lipinski definition) is 3. The van der Waals surface area contributed by atoms with Gasteiger partial charge in [0, 0.05) is 12.4 Å². The molecule has 1 atom stereocenters. The Bertz CT molecular complexity index is 1070. The molecule has 3 rings (SSSR count). The molecular weight excluding hydrogens is 370 g/mol. The van der Waals surface area contributed by atoms with Crippen molar-refractivity contribution in [3.05, 3.63) is 52.1 Å². The number of fused-ring (bicyclic) bond motifs is 1. The van der Waals surface area contributed by atoms with E-state index in [1.54, 1.807) is 6.07 Å². The molecule has 0 spiro atoms. The van der Waals surface area contributed by atoms with Crippen LogP contribution in [-0.2, 0) is 9.53 Å². The summed E-state index contributed by atoms with van der Waals surface area (Å²) in [6.45, 7) is 0. The molecule has 0 fully saturated rings. The molecule has 0 amide bonds. The van der Waals surface area contributed by atoms with Gasteiger partial charge in [-0.1, -0.05) is 6.07 Å². The van der Waals surface area contributed by atoms with Gasteiger partial charge in [0.25, 0.3) is 5.56 Å². The Labute approximate surface area is 158 Å². The van der Waals surface area contributed by atoms with E-state index in [4.69, 9.17) is 9.47 Å². The molecule has 0 aromatic heterocycles. The Hall–Kier alpha value is -3.82. The highest BCUT2D eigenvalue weighted by Crippen LogP contribution is 2.33. The standard InChI is InChI=1S/C18H17N3O7/c1-27-14-4-3-9(5-13(14)22)12(6-15(23)24)21-7-10-16(19-20-17(10)25)11(8-21)18(26)28-2/h3-5,7-8,12,22H,6H2,1-2H3,(H,20,25)(H,23,24)/t12-/m1/s1. The fraction of sp³-hybridized carbons (Fsp3) is 0.222. The van der Waals surface area contributed by atoms with E-state index in [9.17, 15) is 24.6 Å². The Kier molecular flexibility index (Phi) is 5.03. The number of carboxylic acid groups (broad SMARTS) is 1. The first-order valence-corrected chi connectivity index (χ1v) is 8.12. The van der Waals surface area contributed by atoms with Crippen LogP contribution in [-0.4, -0.2) is 51.1 Å². The summed E-state index contributed by atoms with van der Waals surface area (Å²) in [4.78, 5) is 35.6. The summed E-state index contributed by atoms with van der Waals surface area (Å²) in [5.41, 5.74) is 0.153. The normalized spacial score (nSPS) is 11.9. The Morgan fingerprint density at radius 3 is 2.64 bits per heavy atom. The van der Waals surface area contributed by atoms with Gasteiger partial charge in [0.15, 0.2) is 11.5 Å². The van der Waals surface area contributed by atoms with E-state index >= 15 is 0 Å². The first-order valence-electron chi connectivity index (χ1n) is 8.12. The van der Waals surface area contributed by atoms with Crippen LogP contribution in [0.2, 0.25) is 0 Å². The van der Waals surface area contributed by atoms with Gasteiger partial charge in [-0.05, 0) is 17.7 Å². The van der Waals surface area contributed by atoms with Gasteiger partial charge in [0.2, 0.25) is 0 Å². The third-order valence-corrected chi connectivity index (χ3v) is 4.30. The number of carboxylic acids is 1. The third-order valence-electron chi connectivity index (χ3n) is 4.30. The topological polar surface area (TPSA) is 144 Å². The van der Waals surface area contributed by atoms with Crippen LogP contribution in [0.25, 0.3) is 11.3 Å². The summed E-state index contributed by atoms with van der Waals surface area (Å²) < 4.78 is 11.2. The zero-order chi connectivity index (χ0) is 20.4. The molecule has 2 aliphatic rings. The number of nitrogens with zero attached hydrogens (tertiary/aromatic N) is 2. The Balaban J connectivity index is 2.21. The van der Waals surface area contributed by atoms with Gasteiger partial charge in [-0.25, -0.2) is 9.89 Å². The monoisotopic (exact) mass is 387 g/mol. The van der Waals surface area contributed by atoms with Gasteiger partial charge in [0.05, 0.1) is 32.2 Å². The van der Waals surface area contributed by atoms with Crippen molar-refractivity contribution in [3.8, 4) is 22.8 Å². The predicted octanol–water partition coefficient (Wildman–Crippen LogP) is 1.24. The number of aromatic nitrogens is 3. The number of carbonyl (C=O) groups is 2. The van der Waals surface area contributed by atoms with Crippen LogP contribution in [0.15, 0.2) is 35.4 Å². The van der Waals surface area contributed by atoms with E-state index in [0.29, 0.717) is 5.56 Å². The average Bonchev–Trinajstić information content (AvgIpc) is 3.05. The van der Waals surface area contributed by atoms with Crippen molar-refractivity contribution in [3.63, 3.8) is 0 Å². The number of ether oxygens (including phenoxy) is 2. The van der Waals surface area contributed by atoms with Crippen molar-refractivity contribution < 1.29 is 29.3 Å². The highest BCUT2D eigenvalue weighted by Gasteiger charge is 2.26. The van der Waals surface area contributed by atoms with Crippen molar-refractivity contribution >= 4 is 11.9 Å². The number of phenols is 1. The Morgan fingerprint density at radius 1 is 1.29 bits per heavy atom. The van der Waals surface area contributed by atoms with Crippen LogP contribution >= 0.6 is 0 Å². The van der Waals surface area contributed by atoms with Crippen LogP contribution in [0.5, 0.6) is 11.5 Å². The van der Waals surface area contributed by atoms with Crippen molar-refractivity contribution in [2.75, 3.05) is 14.2 Å². The van der Waals surface area contributed by atoms with E-state index in [0.717, 1.165) is 0 Å². The van der Waals surface area contributed by atoms with Crippen molar-refractivity contribution in [2.45, 2.75) is 12.5 Å². The number of esters is 1. The van der Waals surface area contributed by atoms with Crippen LogP contribution < -0.4 is 10.3 Å². The number of aromatic amines is 1. The van der Waals surface area contributed by atoms with E-state index < -0.39 is 23.5 Å². The zero-order valence-corrected chi connectivity index (χ0v) is 15.0. The molecule has 2 heterocycles. The SMILES string of the molecule is COC(=O)c1cn([C@H](CC(=O)O)c2ccc(OC)c(O)c2)cc2c(=O)[nH]nc1-2. The molecule has 10 heteroatoms. The number of hydrogen-bond acceptors (Lipinski definition) is 7. The number of aromatic hydroxyl groups is 1. The molecule has 0 aliphatic carbocycles. The van der Waals surface area contributed by atoms with E-state index in [1.165, 1.54) is 43.3 Å². The fourth-order valence-corrected chi connectivity index (χ4v) is 2.97. The average molecular weight is 387 g/mol. The lowest BCUT2D eigenvalue weighted by Crippen LogP contribution is -2.19. The maximum absolute atomic E-state index is 12.1. The largest absolute Gasteiger partial charge is 0.504 e. The number of pyridine rings is 1. The number of phenolic OH excluding ortho intramolecular Hbond substituents is 1. The van der Waals surface area contributed by atoms with Gasteiger partial charge in [-0.3, -0.25) is 9.59 Å². The molecule has 0 bridgehead atoms. The molecule has 0 saturated heterocycles. The van der Waals surface area contributed by atoms with Crippen molar-refractivity contribution in [2.24, 2.45) is 0 Å². The second kappa shape index (κ2) is 7.43. The lowest BCUT2D eigenvalue weighted by Gasteiger charge is -2.22. The minimum Gasteiger partial charge on any atom is -0.504 e. The lowest BCUT2D eigenvalue weighted by atomic mass is 10.0. The minimum atomic E-state index is -1.11. The van der Waals surface area contributed by atoms with Gasteiger partial charge in [0.1, 0.15) is 11.3 Å². The second-order valence-electron chi connectivity index (χ2n) is 5.97. The first kappa shape index (κ1) is 19.0. The van der Waals surface area contributed by atoms with E-state index in [1.807, 2.05) is 0 Å². The third kappa shape index (κ3) is 3.39. The van der Waals surface area contributed by atoms with Gasteiger partial charge < -0.3 is 24.3 Å². The van der Waals surface area contributed by atoms with Crippen LogP contribution in [0.4, 0.5) is 0 Å². The van der Waals surface area contributed by atoms with E-state index in [2.05, 4.69) is 10.2 Å². The molecule has 1 aromatic carbocycles. The number of nitrogens with one attached hydrogen (secondary N) is 1. The number of aliphatic carboxylic acids is 1. The molecule has 28 heavy (non-hydrogen) atoms. The smallest absolute Gasteiger partial charge is 0.341 e. The summed E-state index contributed by atoms with van der Waals surface area (Å²) in [7, 11) is 2.58. The number of benzene rings is 1. The lowest BCUT2D eigenvalue weighted by molar-refractivity contribution is -0.137. The molecule has 2 aliphatic heterocycles. The minimum absolute atomic E-state index is 0.00599. The van der Waals surface area contributed by atoms with Gasteiger partial charge >= 0.3 is 11.9 Å². The quantitative estimate of drug-likeness (QED) is 0.536. The number of methoxy groups -OCH3 is 2. The number of carbonyl (C=O) groups excluding carboxylic acids is 1. The van der Waals surface area contributed by atoms with Crippen molar-refractivity contribution in [1.82, 2.24) is 14.8 Å². The highest BCUT2D eigenvalue weighted by molar-refractivity contribution is 5.96. The van der Waals surface area contributed by atoms with Gasteiger partial charge in [-0.15, -0.1) is 0 Å². The van der Waals surface area contributed by atoms with Crippen molar-refractivity contribution in [1.29, 1.82) is 0 Å². The maximum atomic E-state index is 12.1. The number of rotatable bonds is 6. The summed E-state index contributed by atoms with van der Waals surface area (Å²) in [5.74, 6) is -1.78. The zero-order valence-electron chi connectivity index (χ0n) is 15.0. The van der Waals surface area contributed by atoms with Crippen LogP contribution in [0, 0.1) is 0 Å². The first-order chi connectivity index (χ1) is 13.3. The number of H-pyrrole nitrogens is 1. The molecular formula is C18H17N3O7. The summed E-state index contributed by atoms with van der Waals surface area (Å²) in [6.07, 6.45) is 2.40. The molecule has 0 saturated carbocycles. The molecule has 146 valence electrons. The molecule has 3 N–H and O–H groups in total. The Morgan fingerprint density at radius 2 is 2.04 bits per heavy atom. The predicted molar refractivity (Wildman–Crippen MR) is 95.9 cm³/mol. The molecule has 0 radical (unpaired) electrons. The van der Waals surface area contributed by atoms with E-state index in [-0.39, 0.29) is 34.7 Å².